The number of carbonyl (C=O) groups is 1. The highest BCUT2D eigenvalue weighted by Crippen LogP contribution is 2.22. The number of amides is 1. The number of rotatable bonds is 7. The molecule has 9 heteroatoms. The lowest BCUT2D eigenvalue weighted by Gasteiger charge is -2.09. The van der Waals surface area contributed by atoms with E-state index in [0.29, 0.717) is 17.3 Å². The van der Waals surface area contributed by atoms with E-state index in [9.17, 15) is 4.79 Å². The van der Waals surface area contributed by atoms with Crippen LogP contribution < -0.4 is 10.1 Å². The van der Waals surface area contributed by atoms with Crippen molar-refractivity contribution in [2.75, 3.05) is 5.32 Å². The van der Waals surface area contributed by atoms with E-state index in [4.69, 9.17) is 16.3 Å². The molecule has 0 aliphatic rings. The zero-order valence-electron chi connectivity index (χ0n) is 17.1. The van der Waals surface area contributed by atoms with Crippen molar-refractivity contribution in [3.63, 3.8) is 0 Å². The molecule has 8 nitrogen and oxygen atoms in total. The van der Waals surface area contributed by atoms with Gasteiger partial charge in [-0.05, 0) is 49.2 Å². The van der Waals surface area contributed by atoms with E-state index in [1.807, 2.05) is 38.1 Å². The average Bonchev–Trinajstić information content (AvgIpc) is 3.37. The lowest BCUT2D eigenvalue weighted by atomic mass is 10.1. The maximum atomic E-state index is 12.5. The Labute approximate surface area is 184 Å². The fraction of sp³-hybridized carbons (Fsp3) is 0.182. The standard InChI is InChI=1S/C22H21ClN6O2/c1-15-4-3-5-17(10-15)12-29-13-24-22(27-29)25-21(30)19-8-9-28(26-19)14-31-20-7-6-18(23)11-16(20)2/h3-11,13H,12,14H2,1-2H3,(H,25,27,30). The number of hydrogen-bond donors (Lipinski definition) is 1. The van der Waals surface area contributed by atoms with Crippen LogP contribution in [0.15, 0.2) is 61.1 Å². The maximum Gasteiger partial charge on any atom is 0.278 e. The number of halogens is 1. The predicted molar refractivity (Wildman–Crippen MR) is 117 cm³/mol. The van der Waals surface area contributed by atoms with Crippen molar-refractivity contribution in [3.05, 3.63) is 88.5 Å². The summed E-state index contributed by atoms with van der Waals surface area (Å²) in [6.07, 6.45) is 3.25. The van der Waals surface area contributed by atoms with Gasteiger partial charge in [0.1, 0.15) is 12.1 Å². The normalized spacial score (nSPS) is 10.8. The SMILES string of the molecule is Cc1cccc(Cn2cnc(NC(=O)c3ccn(COc4ccc(Cl)cc4C)n3)n2)c1. The van der Waals surface area contributed by atoms with Crippen molar-refractivity contribution in [2.45, 2.75) is 27.1 Å². The summed E-state index contributed by atoms with van der Waals surface area (Å²) in [6.45, 7) is 4.69. The van der Waals surface area contributed by atoms with Gasteiger partial charge in [-0.1, -0.05) is 41.4 Å². The molecule has 4 aromatic rings. The van der Waals surface area contributed by atoms with Gasteiger partial charge < -0.3 is 4.74 Å². The summed E-state index contributed by atoms with van der Waals surface area (Å²) in [5.74, 6) is 0.532. The molecule has 1 amide bonds. The largest absolute Gasteiger partial charge is 0.471 e. The predicted octanol–water partition coefficient (Wildman–Crippen LogP) is 4.08. The molecule has 31 heavy (non-hydrogen) atoms. The second kappa shape index (κ2) is 9.01. The summed E-state index contributed by atoms with van der Waals surface area (Å²) in [7, 11) is 0. The van der Waals surface area contributed by atoms with Crippen molar-refractivity contribution in [1.82, 2.24) is 24.5 Å². The number of hydrogen-bond acceptors (Lipinski definition) is 5. The van der Waals surface area contributed by atoms with Gasteiger partial charge in [0, 0.05) is 11.2 Å². The quantitative estimate of drug-likeness (QED) is 0.471. The Balaban J connectivity index is 1.34. The van der Waals surface area contributed by atoms with Gasteiger partial charge in [-0.2, -0.15) is 5.10 Å². The summed E-state index contributed by atoms with van der Waals surface area (Å²) in [4.78, 5) is 16.6. The Morgan fingerprint density at radius 1 is 1.10 bits per heavy atom. The summed E-state index contributed by atoms with van der Waals surface area (Å²) < 4.78 is 8.95. The first kappa shape index (κ1) is 20.6. The third-order valence-electron chi connectivity index (χ3n) is 4.55. The number of nitrogens with one attached hydrogen (secondary N) is 1. The summed E-state index contributed by atoms with van der Waals surface area (Å²) in [6, 6.07) is 15.1. The minimum Gasteiger partial charge on any atom is -0.471 e. The van der Waals surface area contributed by atoms with Crippen LogP contribution in [0.2, 0.25) is 5.02 Å². The average molecular weight is 437 g/mol. The first-order valence-electron chi connectivity index (χ1n) is 9.65. The molecule has 0 aliphatic heterocycles. The van der Waals surface area contributed by atoms with E-state index in [1.54, 1.807) is 35.4 Å². The van der Waals surface area contributed by atoms with Crippen LogP contribution in [0, 0.1) is 13.8 Å². The van der Waals surface area contributed by atoms with Gasteiger partial charge in [-0.3, -0.25) is 10.1 Å². The lowest BCUT2D eigenvalue weighted by molar-refractivity contribution is 0.101. The molecular formula is C22H21ClN6O2. The maximum absolute atomic E-state index is 12.5. The van der Waals surface area contributed by atoms with E-state index in [1.165, 1.54) is 10.2 Å². The van der Waals surface area contributed by atoms with Crippen LogP contribution in [-0.4, -0.2) is 30.5 Å². The van der Waals surface area contributed by atoms with Crippen molar-refractivity contribution in [3.8, 4) is 5.75 Å². The van der Waals surface area contributed by atoms with E-state index < -0.39 is 5.91 Å². The fourth-order valence-corrected chi connectivity index (χ4v) is 3.28. The van der Waals surface area contributed by atoms with Gasteiger partial charge in [0.25, 0.3) is 5.91 Å². The molecule has 158 valence electrons. The van der Waals surface area contributed by atoms with Crippen LogP contribution in [0.25, 0.3) is 0 Å². The highest BCUT2D eigenvalue weighted by atomic mass is 35.5. The third-order valence-corrected chi connectivity index (χ3v) is 4.79. The smallest absolute Gasteiger partial charge is 0.278 e. The molecule has 0 atom stereocenters. The number of aromatic nitrogens is 5. The van der Waals surface area contributed by atoms with E-state index in [0.717, 1.165) is 11.1 Å². The molecule has 0 unspecified atom stereocenters. The molecule has 1 N–H and O–H groups in total. The molecule has 0 aliphatic carbocycles. The van der Waals surface area contributed by atoms with Gasteiger partial charge in [0.05, 0.1) is 6.54 Å². The van der Waals surface area contributed by atoms with E-state index >= 15 is 0 Å². The monoisotopic (exact) mass is 436 g/mol. The molecule has 0 bridgehead atoms. The number of aryl methyl sites for hydroxylation is 2. The van der Waals surface area contributed by atoms with Crippen LogP contribution >= 0.6 is 11.6 Å². The third kappa shape index (κ3) is 5.29. The van der Waals surface area contributed by atoms with Gasteiger partial charge in [0.2, 0.25) is 5.95 Å². The zero-order chi connectivity index (χ0) is 21.8. The van der Waals surface area contributed by atoms with Gasteiger partial charge in [0.15, 0.2) is 12.4 Å². The van der Waals surface area contributed by atoms with Crippen molar-refractivity contribution < 1.29 is 9.53 Å². The molecule has 0 fully saturated rings. The number of nitrogens with zero attached hydrogens (tertiary/aromatic N) is 5. The van der Waals surface area contributed by atoms with Gasteiger partial charge in [-0.15, -0.1) is 5.10 Å². The number of anilines is 1. The molecular weight excluding hydrogens is 416 g/mol. The van der Waals surface area contributed by atoms with Crippen molar-refractivity contribution in [1.29, 1.82) is 0 Å². The van der Waals surface area contributed by atoms with Crippen molar-refractivity contribution in [2.24, 2.45) is 0 Å². The molecule has 0 saturated carbocycles. The summed E-state index contributed by atoms with van der Waals surface area (Å²) >= 11 is 5.96. The highest BCUT2D eigenvalue weighted by molar-refractivity contribution is 6.30. The second-order valence-electron chi connectivity index (χ2n) is 7.13. The van der Waals surface area contributed by atoms with Crippen LogP contribution in [0.1, 0.15) is 27.2 Å². The van der Waals surface area contributed by atoms with Crippen LogP contribution in [0.3, 0.4) is 0 Å². The summed E-state index contributed by atoms with van der Waals surface area (Å²) in [5.41, 5.74) is 3.45. The molecule has 0 spiro atoms. The highest BCUT2D eigenvalue weighted by Gasteiger charge is 2.13. The Morgan fingerprint density at radius 2 is 1.97 bits per heavy atom. The zero-order valence-corrected chi connectivity index (χ0v) is 17.9. The van der Waals surface area contributed by atoms with Crippen LogP contribution in [-0.2, 0) is 13.3 Å². The molecule has 2 heterocycles. The number of ether oxygens (including phenoxy) is 1. The molecule has 2 aromatic carbocycles. The molecule has 2 aromatic heterocycles. The molecule has 0 radical (unpaired) electrons. The van der Waals surface area contributed by atoms with Crippen molar-refractivity contribution >= 4 is 23.5 Å². The summed E-state index contributed by atoms with van der Waals surface area (Å²) in [5, 5.41) is 11.9. The van der Waals surface area contributed by atoms with E-state index in [-0.39, 0.29) is 18.4 Å². The Hall–Kier alpha value is -3.65. The van der Waals surface area contributed by atoms with E-state index in [2.05, 4.69) is 26.6 Å². The number of benzene rings is 2. The van der Waals surface area contributed by atoms with Gasteiger partial charge >= 0.3 is 0 Å². The second-order valence-corrected chi connectivity index (χ2v) is 7.57. The number of carbonyl (C=O) groups excluding carboxylic acids is 1. The first-order chi connectivity index (χ1) is 15.0. The van der Waals surface area contributed by atoms with Crippen LogP contribution in [0.5, 0.6) is 5.75 Å². The lowest BCUT2D eigenvalue weighted by Crippen LogP contribution is -2.15. The van der Waals surface area contributed by atoms with Crippen LogP contribution in [0.4, 0.5) is 5.95 Å². The topological polar surface area (TPSA) is 86.9 Å². The first-order valence-corrected chi connectivity index (χ1v) is 10.0. The Kier molecular flexibility index (Phi) is 5.99. The fourth-order valence-electron chi connectivity index (χ4n) is 3.06. The Morgan fingerprint density at radius 3 is 2.77 bits per heavy atom. The van der Waals surface area contributed by atoms with Gasteiger partial charge in [-0.25, -0.2) is 14.3 Å². The minimum atomic E-state index is -0.394. The molecule has 4 rings (SSSR count). The molecule has 0 saturated heterocycles. The minimum absolute atomic E-state index is 0.166. The Bertz CT molecular complexity index is 1220.